The quantitative estimate of drug-likeness (QED) is 0.606. The largest absolute Gasteiger partial charge is 0.380 e. The second-order valence-electron chi connectivity index (χ2n) is 3.36. The Labute approximate surface area is 87.1 Å². The third-order valence-corrected chi connectivity index (χ3v) is 3.09. The van der Waals surface area contributed by atoms with Gasteiger partial charge in [-0.25, -0.2) is 0 Å². The van der Waals surface area contributed by atoms with Crippen molar-refractivity contribution in [1.29, 1.82) is 0 Å². The number of hydrogen-bond donors (Lipinski definition) is 2. The second kappa shape index (κ2) is 5.01. The first-order chi connectivity index (χ1) is 5.40. The van der Waals surface area contributed by atoms with Crippen molar-refractivity contribution in [2.75, 3.05) is 0 Å². The van der Waals surface area contributed by atoms with E-state index >= 15 is 0 Å². The van der Waals surface area contributed by atoms with Crippen LogP contribution in [0.2, 0.25) is 0 Å². The molecule has 0 aliphatic carbocycles. The van der Waals surface area contributed by atoms with Crippen LogP contribution in [0.15, 0.2) is 0 Å². The second-order valence-corrected chi connectivity index (χ2v) is 4.54. The highest BCUT2D eigenvalue weighted by Crippen LogP contribution is 2.15. The lowest BCUT2D eigenvalue weighted by Gasteiger charge is -2.28. The van der Waals surface area contributed by atoms with Gasteiger partial charge in [0.1, 0.15) is 4.11 Å². The minimum absolute atomic E-state index is 0.00165. The topological polar surface area (TPSA) is 49.3 Å². The minimum Gasteiger partial charge on any atom is -0.380 e. The average Bonchev–Trinajstić information content (AvgIpc) is 1.85. The fraction of sp³-hybridized carbons (Fsp3) is 0.875. The highest BCUT2D eigenvalue weighted by Gasteiger charge is 2.26. The van der Waals surface area contributed by atoms with Gasteiger partial charge in [-0.3, -0.25) is 4.79 Å². The van der Waals surface area contributed by atoms with E-state index in [4.69, 9.17) is 0 Å². The molecule has 0 aromatic heterocycles. The fourth-order valence-corrected chi connectivity index (χ4v) is 0.864. The summed E-state index contributed by atoms with van der Waals surface area (Å²) in [7, 11) is 0. The van der Waals surface area contributed by atoms with Gasteiger partial charge in [-0.1, -0.05) is 6.92 Å². The number of carbonyl (C=O) groups excluding carboxylic acids is 1. The molecule has 2 N–H and O–H groups in total. The Morgan fingerprint density at radius 1 is 1.67 bits per heavy atom. The van der Waals surface area contributed by atoms with Crippen molar-refractivity contribution >= 4 is 28.5 Å². The molecule has 0 fully saturated rings. The number of carbonyl (C=O) groups is 1. The highest BCUT2D eigenvalue weighted by molar-refractivity contribution is 14.1. The van der Waals surface area contributed by atoms with Gasteiger partial charge in [-0.2, -0.15) is 0 Å². The van der Waals surface area contributed by atoms with Crippen LogP contribution in [0.25, 0.3) is 0 Å². The van der Waals surface area contributed by atoms with Crippen LogP contribution < -0.4 is 5.32 Å². The molecule has 1 unspecified atom stereocenters. The fourth-order valence-electron chi connectivity index (χ4n) is 0.708. The normalized spacial score (nSPS) is 14.1. The van der Waals surface area contributed by atoms with Crippen molar-refractivity contribution in [2.24, 2.45) is 0 Å². The molecule has 0 saturated heterocycles. The predicted octanol–water partition coefficient (Wildman–Crippen LogP) is 1.43. The SMILES string of the molecule is CCCC(=O)NC(C)(C)C(O)I. The van der Waals surface area contributed by atoms with Gasteiger partial charge >= 0.3 is 0 Å². The van der Waals surface area contributed by atoms with E-state index in [1.807, 2.05) is 29.5 Å². The summed E-state index contributed by atoms with van der Waals surface area (Å²) in [6.45, 7) is 5.56. The molecular weight excluding hydrogens is 269 g/mol. The van der Waals surface area contributed by atoms with Gasteiger partial charge in [0, 0.05) is 6.42 Å². The first kappa shape index (κ1) is 12.2. The van der Waals surface area contributed by atoms with E-state index < -0.39 is 9.65 Å². The smallest absolute Gasteiger partial charge is 0.220 e. The summed E-state index contributed by atoms with van der Waals surface area (Å²) in [6.07, 6.45) is 1.35. The van der Waals surface area contributed by atoms with Crippen LogP contribution in [-0.2, 0) is 4.79 Å². The molecule has 1 atom stereocenters. The maximum Gasteiger partial charge on any atom is 0.220 e. The lowest BCUT2D eigenvalue weighted by atomic mass is 10.1. The van der Waals surface area contributed by atoms with Gasteiger partial charge < -0.3 is 10.4 Å². The molecule has 0 bridgehead atoms. The molecular formula is C8H16INO2. The molecule has 72 valence electrons. The Bertz CT molecular complexity index is 157. The molecule has 0 spiro atoms. The van der Waals surface area contributed by atoms with E-state index in [0.717, 1.165) is 6.42 Å². The summed E-state index contributed by atoms with van der Waals surface area (Å²) in [5.74, 6) is -0.00165. The Kier molecular flexibility index (Phi) is 5.08. The number of rotatable bonds is 4. The lowest BCUT2D eigenvalue weighted by Crippen LogP contribution is -2.49. The number of amides is 1. The standard InChI is InChI=1S/C8H16INO2/c1-4-5-6(11)10-8(2,3)7(9)12/h7,12H,4-5H2,1-3H3,(H,10,11). The number of aliphatic hydroxyl groups is 1. The minimum atomic E-state index is -0.559. The Hall–Kier alpha value is 0.160. The third kappa shape index (κ3) is 4.25. The van der Waals surface area contributed by atoms with Crippen LogP contribution in [0.1, 0.15) is 33.6 Å². The summed E-state index contributed by atoms with van der Waals surface area (Å²) >= 11 is 1.89. The van der Waals surface area contributed by atoms with Crippen molar-refractivity contribution < 1.29 is 9.90 Å². The van der Waals surface area contributed by atoms with E-state index in [0.29, 0.717) is 6.42 Å². The van der Waals surface area contributed by atoms with Gasteiger partial charge in [0.05, 0.1) is 5.54 Å². The number of halogens is 1. The molecule has 4 heteroatoms. The first-order valence-electron chi connectivity index (χ1n) is 4.03. The summed E-state index contributed by atoms with van der Waals surface area (Å²) in [5.41, 5.74) is -0.535. The zero-order valence-electron chi connectivity index (χ0n) is 7.72. The van der Waals surface area contributed by atoms with Crippen LogP contribution >= 0.6 is 22.6 Å². The Balaban J connectivity index is 3.97. The average molecular weight is 285 g/mol. The van der Waals surface area contributed by atoms with E-state index in [1.165, 1.54) is 0 Å². The van der Waals surface area contributed by atoms with Gasteiger partial charge in [-0.15, -0.1) is 0 Å². The van der Waals surface area contributed by atoms with Gasteiger partial charge in [-0.05, 0) is 42.9 Å². The van der Waals surface area contributed by atoms with Gasteiger partial charge in [0.2, 0.25) is 5.91 Å². The number of alkyl halides is 1. The summed E-state index contributed by atoms with van der Waals surface area (Å²) in [4.78, 5) is 11.1. The number of hydrogen-bond acceptors (Lipinski definition) is 2. The van der Waals surface area contributed by atoms with Crippen LogP contribution in [-0.4, -0.2) is 20.7 Å². The molecule has 0 aliphatic rings. The lowest BCUT2D eigenvalue weighted by molar-refractivity contribution is -0.123. The van der Waals surface area contributed by atoms with E-state index in [1.54, 1.807) is 13.8 Å². The summed E-state index contributed by atoms with van der Waals surface area (Å²) < 4.78 is -0.559. The monoisotopic (exact) mass is 285 g/mol. The van der Waals surface area contributed by atoms with E-state index in [9.17, 15) is 9.90 Å². The van der Waals surface area contributed by atoms with E-state index in [2.05, 4.69) is 5.32 Å². The molecule has 0 aliphatic heterocycles. The van der Waals surface area contributed by atoms with Crippen molar-refractivity contribution in [3.63, 3.8) is 0 Å². The summed E-state index contributed by atoms with van der Waals surface area (Å²) in [5, 5.41) is 12.0. The van der Waals surface area contributed by atoms with Crippen molar-refractivity contribution in [3.05, 3.63) is 0 Å². The molecule has 0 heterocycles. The predicted molar refractivity (Wildman–Crippen MR) is 57.2 cm³/mol. The number of aliphatic hydroxyl groups excluding tert-OH is 1. The zero-order chi connectivity index (χ0) is 9.78. The molecule has 0 radical (unpaired) electrons. The molecule has 12 heavy (non-hydrogen) atoms. The van der Waals surface area contributed by atoms with Crippen LogP contribution in [0.3, 0.4) is 0 Å². The summed E-state index contributed by atoms with van der Waals surface area (Å²) in [6, 6.07) is 0. The van der Waals surface area contributed by atoms with Gasteiger partial charge in [0.15, 0.2) is 0 Å². The van der Waals surface area contributed by atoms with Crippen molar-refractivity contribution in [1.82, 2.24) is 5.32 Å². The van der Waals surface area contributed by atoms with Crippen molar-refractivity contribution in [2.45, 2.75) is 43.3 Å². The molecule has 0 rings (SSSR count). The maximum atomic E-state index is 11.1. The Morgan fingerprint density at radius 2 is 2.17 bits per heavy atom. The Morgan fingerprint density at radius 3 is 2.50 bits per heavy atom. The van der Waals surface area contributed by atoms with E-state index in [-0.39, 0.29) is 5.91 Å². The first-order valence-corrected chi connectivity index (χ1v) is 5.28. The van der Waals surface area contributed by atoms with Crippen LogP contribution in [0.5, 0.6) is 0 Å². The van der Waals surface area contributed by atoms with Crippen LogP contribution in [0, 0.1) is 0 Å². The third-order valence-electron chi connectivity index (χ3n) is 1.53. The van der Waals surface area contributed by atoms with Crippen molar-refractivity contribution in [3.8, 4) is 0 Å². The molecule has 0 aromatic rings. The molecule has 0 aromatic carbocycles. The van der Waals surface area contributed by atoms with Gasteiger partial charge in [0.25, 0.3) is 0 Å². The number of nitrogens with one attached hydrogen (secondary N) is 1. The van der Waals surface area contributed by atoms with Crippen LogP contribution in [0.4, 0.5) is 0 Å². The molecule has 0 saturated carbocycles. The highest BCUT2D eigenvalue weighted by atomic mass is 127. The maximum absolute atomic E-state index is 11.1. The molecule has 3 nitrogen and oxygen atoms in total. The zero-order valence-corrected chi connectivity index (χ0v) is 9.88. The molecule has 1 amide bonds.